The van der Waals surface area contributed by atoms with Gasteiger partial charge in [0.2, 0.25) is 0 Å². The van der Waals surface area contributed by atoms with Crippen LogP contribution in [0, 0.1) is 0 Å². The molecule has 130 valence electrons. The lowest BCUT2D eigenvalue weighted by molar-refractivity contribution is 0.222. The van der Waals surface area contributed by atoms with E-state index in [1.807, 2.05) is 16.9 Å². The fraction of sp³-hybridized carbons (Fsp3) is 0.529. The minimum Gasteiger partial charge on any atom is -0.338 e. The molecular weight excluding hydrogens is 322 g/mol. The van der Waals surface area contributed by atoms with Crippen molar-refractivity contribution in [2.24, 2.45) is 0 Å². The van der Waals surface area contributed by atoms with Gasteiger partial charge in [-0.05, 0) is 49.9 Å². The summed E-state index contributed by atoms with van der Waals surface area (Å²) in [7, 11) is 0. The molecular formula is C17H25N5OS. The van der Waals surface area contributed by atoms with E-state index in [1.165, 1.54) is 17.7 Å². The fourth-order valence-corrected chi connectivity index (χ4v) is 3.93. The Morgan fingerprint density at radius 3 is 2.88 bits per heavy atom. The maximum atomic E-state index is 12.0. The molecule has 7 heteroatoms. The van der Waals surface area contributed by atoms with Gasteiger partial charge in [-0.3, -0.25) is 9.58 Å². The van der Waals surface area contributed by atoms with E-state index in [1.54, 1.807) is 17.5 Å². The van der Waals surface area contributed by atoms with Crippen molar-refractivity contribution < 1.29 is 4.79 Å². The number of thiophene rings is 1. The van der Waals surface area contributed by atoms with Crippen molar-refractivity contribution in [2.75, 3.05) is 26.2 Å². The summed E-state index contributed by atoms with van der Waals surface area (Å²) in [6.45, 7) is 4.37. The van der Waals surface area contributed by atoms with E-state index >= 15 is 0 Å². The van der Waals surface area contributed by atoms with Gasteiger partial charge in [0.15, 0.2) is 0 Å². The largest absolute Gasteiger partial charge is 0.338 e. The number of amides is 2. The van der Waals surface area contributed by atoms with Crippen LogP contribution >= 0.6 is 11.3 Å². The molecule has 0 bridgehead atoms. The van der Waals surface area contributed by atoms with Gasteiger partial charge in [-0.25, -0.2) is 4.79 Å². The Kier molecular flexibility index (Phi) is 6.26. The summed E-state index contributed by atoms with van der Waals surface area (Å²) in [4.78, 5) is 15.8. The first-order chi connectivity index (χ1) is 11.8. The highest BCUT2D eigenvalue weighted by Gasteiger charge is 2.24. The van der Waals surface area contributed by atoms with Crippen molar-refractivity contribution in [1.82, 2.24) is 25.3 Å². The zero-order valence-electron chi connectivity index (χ0n) is 13.9. The molecule has 0 saturated carbocycles. The Balaban J connectivity index is 1.39. The quantitative estimate of drug-likeness (QED) is 0.721. The van der Waals surface area contributed by atoms with Gasteiger partial charge in [-0.1, -0.05) is 6.07 Å². The zero-order chi connectivity index (χ0) is 16.6. The molecule has 0 aromatic carbocycles. The average molecular weight is 347 g/mol. The van der Waals surface area contributed by atoms with E-state index in [4.69, 9.17) is 0 Å². The Bertz CT molecular complexity index is 593. The van der Waals surface area contributed by atoms with Crippen molar-refractivity contribution in [2.45, 2.75) is 31.8 Å². The third kappa shape index (κ3) is 4.82. The van der Waals surface area contributed by atoms with Crippen LogP contribution in [0.1, 0.15) is 30.2 Å². The van der Waals surface area contributed by atoms with Gasteiger partial charge in [-0.2, -0.15) is 5.10 Å². The molecule has 3 heterocycles. The summed E-state index contributed by atoms with van der Waals surface area (Å²) < 4.78 is 1.87. The Morgan fingerprint density at radius 1 is 1.29 bits per heavy atom. The van der Waals surface area contributed by atoms with Crippen LogP contribution in [0.3, 0.4) is 0 Å². The van der Waals surface area contributed by atoms with Crippen LogP contribution in [0.25, 0.3) is 0 Å². The van der Waals surface area contributed by atoms with Gasteiger partial charge >= 0.3 is 6.03 Å². The minimum absolute atomic E-state index is 0.0868. The van der Waals surface area contributed by atoms with Crippen LogP contribution in [-0.2, 0) is 6.54 Å². The van der Waals surface area contributed by atoms with Crippen molar-refractivity contribution in [1.29, 1.82) is 0 Å². The summed E-state index contributed by atoms with van der Waals surface area (Å²) in [6.07, 6.45) is 7.07. The zero-order valence-corrected chi connectivity index (χ0v) is 14.7. The molecule has 0 aliphatic carbocycles. The number of likely N-dealkylation sites (tertiary alicyclic amines) is 1. The second kappa shape index (κ2) is 8.84. The number of carbonyl (C=O) groups is 1. The Labute approximate surface area is 146 Å². The summed E-state index contributed by atoms with van der Waals surface area (Å²) in [5.74, 6) is 0. The van der Waals surface area contributed by atoms with Crippen LogP contribution in [0.5, 0.6) is 0 Å². The third-order valence-corrected chi connectivity index (χ3v) is 5.29. The summed E-state index contributed by atoms with van der Waals surface area (Å²) in [5, 5.41) is 12.2. The lowest BCUT2D eigenvalue weighted by Gasteiger charge is -2.26. The van der Waals surface area contributed by atoms with Gasteiger partial charge in [0.05, 0.1) is 6.04 Å². The van der Waals surface area contributed by atoms with Crippen LogP contribution in [0.2, 0.25) is 0 Å². The van der Waals surface area contributed by atoms with Crippen LogP contribution in [0.4, 0.5) is 4.79 Å². The third-order valence-electron chi connectivity index (χ3n) is 4.32. The first kappa shape index (κ1) is 17.0. The summed E-state index contributed by atoms with van der Waals surface area (Å²) >= 11 is 1.77. The van der Waals surface area contributed by atoms with E-state index in [0.29, 0.717) is 19.1 Å². The molecule has 0 spiro atoms. The first-order valence-corrected chi connectivity index (χ1v) is 9.47. The number of carbonyl (C=O) groups excluding carboxylic acids is 1. The fourth-order valence-electron chi connectivity index (χ4n) is 3.07. The van der Waals surface area contributed by atoms with Crippen LogP contribution in [-0.4, -0.2) is 46.9 Å². The predicted octanol–water partition coefficient (Wildman–Crippen LogP) is 2.47. The molecule has 0 unspecified atom stereocenters. The Hall–Kier alpha value is -1.86. The number of hydrogen-bond donors (Lipinski definition) is 2. The van der Waals surface area contributed by atoms with E-state index in [-0.39, 0.29) is 6.03 Å². The van der Waals surface area contributed by atoms with Crippen molar-refractivity contribution >= 4 is 17.4 Å². The highest BCUT2D eigenvalue weighted by molar-refractivity contribution is 7.10. The van der Waals surface area contributed by atoms with E-state index in [9.17, 15) is 4.79 Å². The number of urea groups is 1. The smallest absolute Gasteiger partial charge is 0.314 e. The molecule has 3 rings (SSSR count). The standard InChI is InChI=1S/C17H25N5OS/c23-17(18-7-4-11-22-12-5-8-20-22)19-14-15(16-6-3-13-24-16)21-9-1-2-10-21/h3,5-6,8,12-13,15H,1-2,4,7,9-11,14H2,(H2,18,19,23)/t15-/m0/s1. The van der Waals surface area contributed by atoms with Crippen LogP contribution < -0.4 is 10.6 Å². The van der Waals surface area contributed by atoms with E-state index < -0.39 is 0 Å². The molecule has 2 N–H and O–H groups in total. The maximum absolute atomic E-state index is 12.0. The van der Waals surface area contributed by atoms with Gasteiger partial charge in [0.25, 0.3) is 0 Å². The molecule has 2 aromatic rings. The van der Waals surface area contributed by atoms with Gasteiger partial charge in [0.1, 0.15) is 0 Å². The topological polar surface area (TPSA) is 62.2 Å². The molecule has 2 amide bonds. The monoisotopic (exact) mass is 347 g/mol. The second-order valence-electron chi connectivity index (χ2n) is 6.03. The van der Waals surface area contributed by atoms with Gasteiger partial charge in [0, 0.05) is 36.9 Å². The molecule has 1 saturated heterocycles. The lowest BCUT2D eigenvalue weighted by atomic mass is 10.2. The molecule has 1 aliphatic rings. The number of rotatable bonds is 8. The molecule has 2 aromatic heterocycles. The maximum Gasteiger partial charge on any atom is 0.314 e. The number of aromatic nitrogens is 2. The minimum atomic E-state index is -0.0868. The SMILES string of the molecule is O=C(NCCCn1cccn1)NC[C@@H](c1cccs1)N1CCCC1. The first-order valence-electron chi connectivity index (χ1n) is 8.59. The second-order valence-corrected chi connectivity index (χ2v) is 7.01. The summed E-state index contributed by atoms with van der Waals surface area (Å²) in [5.41, 5.74) is 0. The number of hydrogen-bond acceptors (Lipinski definition) is 4. The highest BCUT2D eigenvalue weighted by Crippen LogP contribution is 2.27. The number of nitrogens with one attached hydrogen (secondary N) is 2. The Morgan fingerprint density at radius 2 is 2.17 bits per heavy atom. The van der Waals surface area contributed by atoms with Crippen molar-refractivity contribution in [3.05, 3.63) is 40.8 Å². The van der Waals surface area contributed by atoms with Crippen molar-refractivity contribution in [3.8, 4) is 0 Å². The number of nitrogens with zero attached hydrogens (tertiary/aromatic N) is 3. The average Bonchev–Trinajstić information content (AvgIpc) is 3.34. The highest BCUT2D eigenvalue weighted by atomic mass is 32.1. The lowest BCUT2D eigenvalue weighted by Crippen LogP contribution is -2.41. The predicted molar refractivity (Wildman–Crippen MR) is 96.1 cm³/mol. The van der Waals surface area contributed by atoms with Gasteiger partial charge in [-0.15, -0.1) is 11.3 Å². The van der Waals surface area contributed by atoms with Gasteiger partial charge < -0.3 is 10.6 Å². The normalized spacial score (nSPS) is 16.2. The van der Waals surface area contributed by atoms with E-state index in [2.05, 4.69) is 38.1 Å². The molecule has 6 nitrogen and oxygen atoms in total. The summed E-state index contributed by atoms with van der Waals surface area (Å²) in [6, 6.07) is 6.36. The molecule has 1 atom stereocenters. The molecule has 1 fully saturated rings. The molecule has 24 heavy (non-hydrogen) atoms. The number of aryl methyl sites for hydroxylation is 1. The molecule has 1 aliphatic heterocycles. The molecule has 0 radical (unpaired) electrons. The van der Waals surface area contributed by atoms with Crippen molar-refractivity contribution in [3.63, 3.8) is 0 Å². The van der Waals surface area contributed by atoms with E-state index in [0.717, 1.165) is 26.1 Å². The van der Waals surface area contributed by atoms with Crippen LogP contribution in [0.15, 0.2) is 36.0 Å².